The second-order valence-electron chi connectivity index (χ2n) is 6.18. The molecule has 1 heterocycles. The van der Waals surface area contributed by atoms with Crippen molar-refractivity contribution in [2.75, 3.05) is 43.5 Å². The number of benzene rings is 2. The van der Waals surface area contributed by atoms with Gasteiger partial charge >= 0.3 is 6.03 Å². The molecule has 0 atom stereocenters. The Morgan fingerprint density at radius 2 is 1.73 bits per heavy atom. The highest BCUT2D eigenvalue weighted by Gasteiger charge is 2.24. The molecule has 3 rings (SSSR count). The number of piperazine rings is 1. The van der Waals surface area contributed by atoms with E-state index >= 15 is 0 Å². The number of carbonyl (C=O) groups is 1. The summed E-state index contributed by atoms with van der Waals surface area (Å²) in [4.78, 5) is 16.0. The second-order valence-corrected chi connectivity index (χ2v) is 6.18. The van der Waals surface area contributed by atoms with Gasteiger partial charge < -0.3 is 19.9 Å². The van der Waals surface area contributed by atoms with Crippen molar-refractivity contribution in [1.82, 2.24) is 4.90 Å². The third-order valence-electron chi connectivity index (χ3n) is 4.44. The van der Waals surface area contributed by atoms with Gasteiger partial charge in [-0.2, -0.15) is 0 Å². The summed E-state index contributed by atoms with van der Waals surface area (Å²) in [7, 11) is 1.63. The summed E-state index contributed by atoms with van der Waals surface area (Å²) < 4.78 is 32.8. The van der Waals surface area contributed by atoms with Crippen LogP contribution in [0.4, 0.5) is 25.0 Å². The van der Waals surface area contributed by atoms with Crippen molar-refractivity contribution in [1.29, 1.82) is 0 Å². The predicted molar refractivity (Wildman–Crippen MR) is 96.9 cm³/mol. The lowest BCUT2D eigenvalue weighted by molar-refractivity contribution is 0.208. The molecule has 1 aliphatic heterocycles. The lowest BCUT2D eigenvalue weighted by atomic mass is 10.1. The Morgan fingerprint density at radius 3 is 2.35 bits per heavy atom. The van der Waals surface area contributed by atoms with Crippen molar-refractivity contribution in [3.63, 3.8) is 0 Å². The Balaban J connectivity index is 1.65. The molecule has 5 nitrogen and oxygen atoms in total. The maximum Gasteiger partial charge on any atom is 0.322 e. The molecule has 0 bridgehead atoms. The first-order valence-electron chi connectivity index (χ1n) is 8.39. The van der Waals surface area contributed by atoms with Gasteiger partial charge in [0, 0.05) is 26.2 Å². The highest BCUT2D eigenvalue weighted by Crippen LogP contribution is 2.30. The topological polar surface area (TPSA) is 44.8 Å². The highest BCUT2D eigenvalue weighted by molar-refractivity contribution is 5.89. The zero-order valence-corrected chi connectivity index (χ0v) is 14.8. The molecule has 0 radical (unpaired) electrons. The Labute approximate surface area is 151 Å². The van der Waals surface area contributed by atoms with Gasteiger partial charge in [-0.05, 0) is 36.8 Å². The fraction of sp³-hybridized carbons (Fsp3) is 0.316. The van der Waals surface area contributed by atoms with E-state index in [0.717, 1.165) is 29.1 Å². The molecule has 0 unspecified atom stereocenters. The van der Waals surface area contributed by atoms with Crippen LogP contribution in [0.1, 0.15) is 5.56 Å². The van der Waals surface area contributed by atoms with Crippen LogP contribution < -0.4 is 15.0 Å². The van der Waals surface area contributed by atoms with Crippen LogP contribution in [-0.4, -0.2) is 44.2 Å². The van der Waals surface area contributed by atoms with E-state index in [1.165, 1.54) is 6.07 Å². The third-order valence-corrected chi connectivity index (χ3v) is 4.44. The number of ether oxygens (including phenoxy) is 1. The van der Waals surface area contributed by atoms with Crippen LogP contribution >= 0.6 is 0 Å². The quantitative estimate of drug-likeness (QED) is 0.908. The fourth-order valence-corrected chi connectivity index (χ4v) is 3.00. The number of para-hydroxylation sites is 1. The normalized spacial score (nSPS) is 14.3. The van der Waals surface area contributed by atoms with Gasteiger partial charge in [-0.3, -0.25) is 0 Å². The number of aryl methyl sites for hydroxylation is 1. The van der Waals surface area contributed by atoms with Gasteiger partial charge in [0.05, 0.1) is 12.8 Å². The van der Waals surface area contributed by atoms with Crippen molar-refractivity contribution < 1.29 is 18.3 Å². The summed E-state index contributed by atoms with van der Waals surface area (Å²) in [6.07, 6.45) is 0. The van der Waals surface area contributed by atoms with Crippen molar-refractivity contribution >= 4 is 17.4 Å². The minimum Gasteiger partial charge on any atom is -0.495 e. The third kappa shape index (κ3) is 3.71. The number of methoxy groups -OCH3 is 1. The summed E-state index contributed by atoms with van der Waals surface area (Å²) in [6, 6.07) is 8.92. The van der Waals surface area contributed by atoms with Crippen molar-refractivity contribution in [3.05, 3.63) is 53.6 Å². The smallest absolute Gasteiger partial charge is 0.322 e. The van der Waals surface area contributed by atoms with Crippen LogP contribution in [0.5, 0.6) is 5.75 Å². The number of urea groups is 1. The number of hydrogen-bond acceptors (Lipinski definition) is 3. The average molecular weight is 361 g/mol. The van der Waals surface area contributed by atoms with Gasteiger partial charge in [0.25, 0.3) is 0 Å². The molecule has 1 saturated heterocycles. The molecule has 26 heavy (non-hydrogen) atoms. The van der Waals surface area contributed by atoms with Crippen LogP contribution in [0.15, 0.2) is 36.4 Å². The number of anilines is 2. The minimum atomic E-state index is -0.790. The maximum atomic E-state index is 13.7. The molecule has 1 fully saturated rings. The molecule has 0 saturated carbocycles. The van der Waals surface area contributed by atoms with Crippen LogP contribution in [0.2, 0.25) is 0 Å². The first-order chi connectivity index (χ1) is 12.5. The molecule has 138 valence electrons. The van der Waals surface area contributed by atoms with E-state index in [1.54, 1.807) is 12.0 Å². The number of amides is 2. The first kappa shape index (κ1) is 18.0. The monoisotopic (exact) mass is 361 g/mol. The molecule has 7 heteroatoms. The van der Waals surface area contributed by atoms with E-state index in [2.05, 4.69) is 10.2 Å². The molecule has 2 aromatic rings. The summed E-state index contributed by atoms with van der Waals surface area (Å²) in [5.41, 5.74) is 1.68. The molecule has 0 spiro atoms. The van der Waals surface area contributed by atoms with E-state index in [-0.39, 0.29) is 0 Å². The lowest BCUT2D eigenvalue weighted by Gasteiger charge is -2.36. The Kier molecular flexibility index (Phi) is 5.25. The highest BCUT2D eigenvalue weighted by atomic mass is 19.1. The van der Waals surface area contributed by atoms with Crippen LogP contribution in [0, 0.1) is 18.6 Å². The van der Waals surface area contributed by atoms with E-state index in [0.29, 0.717) is 26.2 Å². The second kappa shape index (κ2) is 7.59. The van der Waals surface area contributed by atoms with Gasteiger partial charge in [0.1, 0.15) is 23.1 Å². The number of hydrogen-bond donors (Lipinski definition) is 1. The summed E-state index contributed by atoms with van der Waals surface area (Å²) >= 11 is 0. The van der Waals surface area contributed by atoms with Crippen LogP contribution in [0.25, 0.3) is 0 Å². The number of nitrogens with zero attached hydrogens (tertiary/aromatic N) is 2. The van der Waals surface area contributed by atoms with E-state index in [1.807, 2.05) is 25.1 Å². The van der Waals surface area contributed by atoms with E-state index in [4.69, 9.17) is 4.74 Å². The molecular formula is C19H21F2N3O2. The first-order valence-corrected chi connectivity index (χ1v) is 8.39. The molecule has 2 amide bonds. The Bertz CT molecular complexity index is 785. The number of rotatable bonds is 3. The van der Waals surface area contributed by atoms with Gasteiger partial charge in [-0.25, -0.2) is 13.6 Å². The number of nitrogens with one attached hydrogen (secondary N) is 1. The zero-order valence-electron chi connectivity index (χ0n) is 14.8. The van der Waals surface area contributed by atoms with Crippen LogP contribution in [0.3, 0.4) is 0 Å². The van der Waals surface area contributed by atoms with Crippen LogP contribution in [-0.2, 0) is 0 Å². The van der Waals surface area contributed by atoms with E-state index in [9.17, 15) is 13.6 Å². The minimum absolute atomic E-state index is 0.416. The van der Waals surface area contributed by atoms with Gasteiger partial charge in [-0.1, -0.05) is 12.1 Å². The van der Waals surface area contributed by atoms with Crippen molar-refractivity contribution in [2.45, 2.75) is 6.92 Å². The standard InChI is InChI=1S/C19H21F2N3O2/c1-13-6-7-17(26-2)16(12-13)23-8-10-24(11-9-23)19(25)22-18-14(20)4-3-5-15(18)21/h3-7,12H,8-11H2,1-2H3,(H,22,25). The maximum absolute atomic E-state index is 13.7. The Morgan fingerprint density at radius 1 is 1.08 bits per heavy atom. The summed E-state index contributed by atoms with van der Waals surface area (Å²) in [6.45, 7) is 4.10. The number of carbonyl (C=O) groups excluding carboxylic acids is 1. The van der Waals surface area contributed by atoms with Gasteiger partial charge in [-0.15, -0.1) is 0 Å². The summed E-state index contributed by atoms with van der Waals surface area (Å²) in [5, 5.41) is 2.33. The van der Waals surface area contributed by atoms with Gasteiger partial charge in [0.2, 0.25) is 0 Å². The van der Waals surface area contributed by atoms with Gasteiger partial charge in [0.15, 0.2) is 0 Å². The van der Waals surface area contributed by atoms with E-state index < -0.39 is 23.4 Å². The predicted octanol–water partition coefficient (Wildman–Crippen LogP) is 3.64. The Hall–Kier alpha value is -2.83. The SMILES string of the molecule is COc1ccc(C)cc1N1CCN(C(=O)Nc2c(F)cccc2F)CC1. The molecular weight excluding hydrogens is 340 g/mol. The zero-order chi connectivity index (χ0) is 18.7. The average Bonchev–Trinajstić information content (AvgIpc) is 2.65. The molecule has 0 aromatic heterocycles. The lowest BCUT2D eigenvalue weighted by Crippen LogP contribution is -2.50. The van der Waals surface area contributed by atoms with Crippen molar-refractivity contribution in [2.24, 2.45) is 0 Å². The fourth-order valence-electron chi connectivity index (χ4n) is 3.00. The number of halogens is 2. The molecule has 2 aromatic carbocycles. The summed E-state index contributed by atoms with van der Waals surface area (Å²) in [5.74, 6) is -0.801. The van der Waals surface area contributed by atoms with Crippen molar-refractivity contribution in [3.8, 4) is 5.75 Å². The molecule has 0 aliphatic carbocycles. The largest absolute Gasteiger partial charge is 0.495 e. The molecule has 1 aliphatic rings. The molecule has 1 N–H and O–H groups in total.